The van der Waals surface area contributed by atoms with Gasteiger partial charge in [-0.15, -0.1) is 0 Å². The van der Waals surface area contributed by atoms with E-state index in [-0.39, 0.29) is 6.29 Å². The zero-order chi connectivity index (χ0) is 13.1. The van der Waals surface area contributed by atoms with Gasteiger partial charge in [-0.3, -0.25) is 0 Å². The number of ether oxygens (including phenoxy) is 3. The Kier molecular flexibility index (Phi) is 4.36. The molecule has 3 rings (SSSR count). The van der Waals surface area contributed by atoms with Crippen LogP contribution in [0.1, 0.15) is 32.6 Å². The van der Waals surface area contributed by atoms with Crippen molar-refractivity contribution in [3.8, 4) is 0 Å². The number of fused-ring (bicyclic) bond motifs is 2. The summed E-state index contributed by atoms with van der Waals surface area (Å²) < 4.78 is 16.9. The minimum Gasteiger partial charge on any atom is -0.375 e. The largest absolute Gasteiger partial charge is 0.375 e. The van der Waals surface area contributed by atoms with Gasteiger partial charge in [0.15, 0.2) is 6.29 Å². The van der Waals surface area contributed by atoms with E-state index in [1.165, 1.54) is 30.4 Å². The van der Waals surface area contributed by atoms with Crippen LogP contribution in [0.4, 0.5) is 0 Å². The molecule has 0 N–H and O–H groups in total. The van der Waals surface area contributed by atoms with Crippen molar-refractivity contribution in [1.29, 1.82) is 0 Å². The molecule has 0 aromatic carbocycles. The number of rotatable bonds is 6. The van der Waals surface area contributed by atoms with Crippen molar-refractivity contribution < 1.29 is 14.2 Å². The van der Waals surface area contributed by atoms with E-state index in [4.69, 9.17) is 14.2 Å². The number of hydrogen-bond donors (Lipinski definition) is 0. The van der Waals surface area contributed by atoms with Gasteiger partial charge < -0.3 is 14.2 Å². The summed E-state index contributed by atoms with van der Waals surface area (Å²) in [5.74, 6) is 1.34. The lowest BCUT2D eigenvalue weighted by Gasteiger charge is -2.22. The number of hydrogen-bond acceptors (Lipinski definition) is 3. The van der Waals surface area contributed by atoms with Gasteiger partial charge in [0.25, 0.3) is 0 Å². The maximum Gasteiger partial charge on any atom is 0.157 e. The fourth-order valence-corrected chi connectivity index (χ4v) is 3.29. The molecule has 3 atom stereocenters. The summed E-state index contributed by atoms with van der Waals surface area (Å²) in [7, 11) is 0. The molecular weight excluding hydrogens is 240 g/mol. The van der Waals surface area contributed by atoms with Gasteiger partial charge in [0.1, 0.15) is 0 Å². The maximum absolute atomic E-state index is 5.76. The predicted octanol–water partition coefficient (Wildman–Crippen LogP) is 3.07. The van der Waals surface area contributed by atoms with Gasteiger partial charge in [-0.1, -0.05) is 17.7 Å². The second kappa shape index (κ2) is 6.21. The third-order valence-electron chi connectivity index (χ3n) is 4.52. The molecule has 1 aliphatic heterocycles. The maximum atomic E-state index is 5.76. The molecule has 1 heterocycles. The van der Waals surface area contributed by atoms with Crippen LogP contribution in [0.25, 0.3) is 0 Å². The first kappa shape index (κ1) is 13.3. The van der Waals surface area contributed by atoms with Gasteiger partial charge in [-0.25, -0.2) is 0 Å². The summed E-state index contributed by atoms with van der Waals surface area (Å²) in [5, 5.41) is 0. The van der Waals surface area contributed by atoms with Crippen molar-refractivity contribution in [3.05, 3.63) is 23.3 Å². The zero-order valence-electron chi connectivity index (χ0n) is 11.8. The molecule has 3 nitrogen and oxygen atoms in total. The summed E-state index contributed by atoms with van der Waals surface area (Å²) in [6.45, 7) is 5.16. The van der Waals surface area contributed by atoms with Crippen LogP contribution in [0, 0.1) is 11.8 Å². The Balaban J connectivity index is 1.31. The molecule has 0 radical (unpaired) electrons. The minimum absolute atomic E-state index is 0.00345. The first-order valence-electron chi connectivity index (χ1n) is 7.53. The molecule has 3 aliphatic rings. The van der Waals surface area contributed by atoms with Gasteiger partial charge in [0, 0.05) is 12.5 Å². The van der Waals surface area contributed by atoms with Gasteiger partial charge in [0.05, 0.1) is 19.8 Å². The Morgan fingerprint density at radius 3 is 2.84 bits per heavy atom. The Labute approximate surface area is 115 Å². The summed E-state index contributed by atoms with van der Waals surface area (Å²) in [6, 6.07) is 0. The molecule has 1 fully saturated rings. The van der Waals surface area contributed by atoms with E-state index in [0.29, 0.717) is 25.0 Å². The second-order valence-corrected chi connectivity index (χ2v) is 5.76. The first-order chi connectivity index (χ1) is 9.34. The highest BCUT2D eigenvalue weighted by Crippen LogP contribution is 2.43. The average Bonchev–Trinajstić information content (AvgIpc) is 3.02. The van der Waals surface area contributed by atoms with Crippen molar-refractivity contribution in [2.45, 2.75) is 38.9 Å². The molecule has 0 saturated carbocycles. The highest BCUT2D eigenvalue weighted by atomic mass is 16.7. The molecule has 0 amide bonds. The molecule has 3 heteroatoms. The van der Waals surface area contributed by atoms with Gasteiger partial charge in [-0.05, 0) is 44.1 Å². The van der Waals surface area contributed by atoms with Gasteiger partial charge in [-0.2, -0.15) is 0 Å². The molecule has 2 aliphatic carbocycles. The van der Waals surface area contributed by atoms with Crippen LogP contribution < -0.4 is 0 Å². The second-order valence-electron chi connectivity index (χ2n) is 5.76. The van der Waals surface area contributed by atoms with Crippen LogP contribution in [-0.2, 0) is 14.2 Å². The van der Waals surface area contributed by atoms with E-state index in [2.05, 4.69) is 19.1 Å². The highest BCUT2D eigenvalue weighted by Gasteiger charge is 2.32. The summed E-state index contributed by atoms with van der Waals surface area (Å²) in [4.78, 5) is 0. The Hall–Kier alpha value is -0.640. The molecular formula is C16H24O3. The van der Waals surface area contributed by atoms with Crippen molar-refractivity contribution >= 4 is 0 Å². The van der Waals surface area contributed by atoms with E-state index in [9.17, 15) is 0 Å². The fourth-order valence-electron chi connectivity index (χ4n) is 3.29. The van der Waals surface area contributed by atoms with E-state index in [1.807, 2.05) is 0 Å². The molecule has 0 spiro atoms. The molecule has 0 aromatic rings. The lowest BCUT2D eigenvalue weighted by atomic mass is 9.99. The Morgan fingerprint density at radius 1 is 1.21 bits per heavy atom. The highest BCUT2D eigenvalue weighted by molar-refractivity contribution is 5.36. The number of allylic oxidation sites excluding steroid dienone is 3. The molecule has 1 saturated heterocycles. The quantitative estimate of drug-likeness (QED) is 0.545. The molecule has 106 valence electrons. The topological polar surface area (TPSA) is 27.7 Å². The minimum atomic E-state index is 0.00345. The predicted molar refractivity (Wildman–Crippen MR) is 73.8 cm³/mol. The summed E-state index contributed by atoms with van der Waals surface area (Å²) in [6.07, 6.45) is 9.36. The average molecular weight is 264 g/mol. The van der Waals surface area contributed by atoms with E-state index >= 15 is 0 Å². The normalized spacial score (nSPS) is 33.4. The molecule has 19 heavy (non-hydrogen) atoms. The lowest BCUT2D eigenvalue weighted by molar-refractivity contribution is -0.168. The third-order valence-corrected chi connectivity index (χ3v) is 4.52. The molecule has 2 bridgehead atoms. The lowest BCUT2D eigenvalue weighted by Crippen LogP contribution is -2.24. The monoisotopic (exact) mass is 264 g/mol. The Bertz CT molecular complexity index is 366. The van der Waals surface area contributed by atoms with Crippen molar-refractivity contribution in [3.63, 3.8) is 0 Å². The fraction of sp³-hybridized carbons (Fsp3) is 0.750. The van der Waals surface area contributed by atoms with Gasteiger partial charge in [0.2, 0.25) is 0 Å². The van der Waals surface area contributed by atoms with E-state index in [1.54, 1.807) is 0 Å². The molecule has 1 unspecified atom stereocenters. The Morgan fingerprint density at radius 2 is 2.11 bits per heavy atom. The van der Waals surface area contributed by atoms with Gasteiger partial charge >= 0.3 is 0 Å². The smallest absolute Gasteiger partial charge is 0.157 e. The van der Waals surface area contributed by atoms with Crippen molar-refractivity contribution in [1.82, 2.24) is 0 Å². The first-order valence-corrected chi connectivity index (χ1v) is 7.53. The van der Waals surface area contributed by atoms with Crippen LogP contribution in [0.2, 0.25) is 0 Å². The van der Waals surface area contributed by atoms with Crippen LogP contribution in [0.3, 0.4) is 0 Å². The van der Waals surface area contributed by atoms with Crippen LogP contribution in [0.5, 0.6) is 0 Å². The SMILES string of the molecule is CC1=C(COCCOC2CCCCO2)[C@@H]2C=C[C@H]1C2. The standard InChI is InChI=1S/C16H24O3/c1-12-13-5-6-14(10-13)15(12)11-17-8-9-19-16-4-2-3-7-18-16/h5-6,13-14,16H,2-4,7-11H2,1H3/t13-,14+,16?/m0/s1. The van der Waals surface area contributed by atoms with E-state index in [0.717, 1.165) is 19.6 Å². The van der Waals surface area contributed by atoms with Crippen LogP contribution >= 0.6 is 0 Å². The van der Waals surface area contributed by atoms with Crippen molar-refractivity contribution in [2.24, 2.45) is 11.8 Å². The summed E-state index contributed by atoms with van der Waals surface area (Å²) in [5.41, 5.74) is 3.03. The molecule has 0 aromatic heterocycles. The van der Waals surface area contributed by atoms with Crippen LogP contribution in [-0.4, -0.2) is 32.7 Å². The van der Waals surface area contributed by atoms with Crippen molar-refractivity contribution in [2.75, 3.05) is 26.4 Å². The summed E-state index contributed by atoms with van der Waals surface area (Å²) >= 11 is 0. The van der Waals surface area contributed by atoms with E-state index < -0.39 is 0 Å². The third kappa shape index (κ3) is 3.10. The van der Waals surface area contributed by atoms with Crippen LogP contribution in [0.15, 0.2) is 23.3 Å². The zero-order valence-corrected chi connectivity index (χ0v) is 11.8.